The second-order valence-electron chi connectivity index (χ2n) is 20.4. The number of piperidine rings is 1. The molecule has 0 aromatic rings. The van der Waals surface area contributed by atoms with Crippen molar-refractivity contribution in [1.29, 1.82) is 0 Å². The van der Waals surface area contributed by atoms with Crippen LogP contribution < -0.4 is 5.32 Å². The van der Waals surface area contributed by atoms with Gasteiger partial charge in [-0.1, -0.05) is 71.1 Å². The van der Waals surface area contributed by atoms with E-state index in [0.717, 1.165) is 12.0 Å². The zero-order chi connectivity index (χ0) is 51.2. The Morgan fingerprint density at radius 2 is 1.65 bits per heavy atom. The van der Waals surface area contributed by atoms with Crippen molar-refractivity contribution in [2.45, 2.75) is 186 Å². The van der Waals surface area contributed by atoms with E-state index in [2.05, 4.69) is 5.32 Å². The number of alkyl carbamates (subject to hydrolysis) is 1. The number of esters is 1. The van der Waals surface area contributed by atoms with Crippen LogP contribution in [0.2, 0.25) is 0 Å². The van der Waals surface area contributed by atoms with E-state index < -0.39 is 84.4 Å². The van der Waals surface area contributed by atoms with Crippen molar-refractivity contribution >= 4 is 29.5 Å². The molecule has 0 spiro atoms. The molecule has 3 heterocycles. The molecule has 4 rings (SSSR count). The largest absolute Gasteiger partial charge is 0.460 e. The predicted molar refractivity (Wildman–Crippen MR) is 261 cm³/mol. The van der Waals surface area contributed by atoms with E-state index in [1.165, 1.54) is 19.1 Å². The number of methoxy groups -OCH3 is 3. The van der Waals surface area contributed by atoms with Gasteiger partial charge in [0.2, 0.25) is 11.9 Å². The van der Waals surface area contributed by atoms with E-state index in [-0.39, 0.29) is 60.7 Å². The molecule has 69 heavy (non-hydrogen) atoms. The maximum Gasteiger partial charge on any atom is 0.407 e. The van der Waals surface area contributed by atoms with E-state index in [0.29, 0.717) is 63.4 Å². The van der Waals surface area contributed by atoms with Crippen LogP contribution >= 0.6 is 0 Å². The van der Waals surface area contributed by atoms with Gasteiger partial charge in [0.25, 0.3) is 5.91 Å². The number of carbonyl (C=O) groups excluding carboxylic acids is 5. The molecule has 5 N–H and O–H groups in total. The third-order valence-electron chi connectivity index (χ3n) is 15.1. The van der Waals surface area contributed by atoms with Crippen LogP contribution in [0.3, 0.4) is 0 Å². The molecule has 1 saturated carbocycles. The van der Waals surface area contributed by atoms with E-state index in [1.807, 2.05) is 58.1 Å². The van der Waals surface area contributed by atoms with E-state index in [9.17, 15) is 39.3 Å². The molecular weight excluding hydrogens is 889 g/mol. The number of amides is 2. The third kappa shape index (κ3) is 15.6. The Labute approximate surface area is 410 Å². The van der Waals surface area contributed by atoms with Gasteiger partial charge in [0.15, 0.2) is 6.10 Å². The van der Waals surface area contributed by atoms with Crippen molar-refractivity contribution in [3.8, 4) is 0 Å². The first kappa shape index (κ1) is 57.8. The minimum Gasteiger partial charge on any atom is -0.460 e. The fourth-order valence-electron chi connectivity index (χ4n) is 10.6. The van der Waals surface area contributed by atoms with Gasteiger partial charge >= 0.3 is 17.8 Å². The van der Waals surface area contributed by atoms with Crippen LogP contribution in [-0.2, 0) is 42.8 Å². The molecule has 2 bridgehead atoms. The molecule has 16 nitrogen and oxygen atoms in total. The Hall–Kier alpha value is -3.77. The van der Waals surface area contributed by atoms with Gasteiger partial charge in [0, 0.05) is 59.6 Å². The van der Waals surface area contributed by atoms with Gasteiger partial charge < -0.3 is 54.0 Å². The summed E-state index contributed by atoms with van der Waals surface area (Å²) in [4.78, 5) is 69.5. The van der Waals surface area contributed by atoms with Crippen molar-refractivity contribution in [3.63, 3.8) is 0 Å². The maximum absolute atomic E-state index is 14.9. The van der Waals surface area contributed by atoms with Crippen LogP contribution in [0.1, 0.15) is 126 Å². The number of nitrogens with zero attached hydrogens (tertiary/aromatic N) is 1. The van der Waals surface area contributed by atoms with Crippen molar-refractivity contribution in [2.75, 3.05) is 34.9 Å². The van der Waals surface area contributed by atoms with Gasteiger partial charge in [-0.2, -0.15) is 0 Å². The Morgan fingerprint density at radius 3 is 2.32 bits per heavy atom. The lowest BCUT2D eigenvalue weighted by atomic mass is 9.78. The van der Waals surface area contributed by atoms with Gasteiger partial charge in [-0.3, -0.25) is 14.4 Å². The molecule has 1 aliphatic carbocycles. The minimum absolute atomic E-state index is 0.0102. The molecule has 16 atom stereocenters. The summed E-state index contributed by atoms with van der Waals surface area (Å²) >= 11 is 0. The van der Waals surface area contributed by atoms with Gasteiger partial charge in [0.05, 0.1) is 30.3 Å². The summed E-state index contributed by atoms with van der Waals surface area (Å²) < 4.78 is 35.7. The number of aliphatic hydroxyl groups is 3. The number of ether oxygens (including phenoxy) is 6. The summed E-state index contributed by atoms with van der Waals surface area (Å²) in [5.74, 6) is -6.01. The van der Waals surface area contributed by atoms with Crippen LogP contribution in [0.4, 0.5) is 4.79 Å². The highest BCUT2D eigenvalue weighted by Gasteiger charge is 2.56. The first-order valence-corrected chi connectivity index (χ1v) is 25.2. The lowest BCUT2D eigenvalue weighted by Gasteiger charge is -2.47. The van der Waals surface area contributed by atoms with Crippen molar-refractivity contribution in [1.82, 2.24) is 10.2 Å². The Balaban J connectivity index is 1.77. The van der Waals surface area contributed by atoms with Crippen molar-refractivity contribution in [3.05, 3.63) is 47.6 Å². The first-order valence-electron chi connectivity index (χ1n) is 25.2. The number of ketones is 2. The van der Waals surface area contributed by atoms with Crippen LogP contribution in [0.25, 0.3) is 0 Å². The Morgan fingerprint density at radius 1 is 0.928 bits per heavy atom. The van der Waals surface area contributed by atoms with Crippen molar-refractivity contribution in [2.24, 2.45) is 35.5 Å². The van der Waals surface area contributed by atoms with Gasteiger partial charge in [-0.25, -0.2) is 9.59 Å². The lowest BCUT2D eigenvalue weighted by Crippen LogP contribution is -2.64. The van der Waals surface area contributed by atoms with Gasteiger partial charge in [-0.15, -0.1) is 0 Å². The highest BCUT2D eigenvalue weighted by atomic mass is 16.7. The topological polar surface area (TPSA) is 221 Å². The summed E-state index contributed by atoms with van der Waals surface area (Å²) in [5, 5.41) is 37.0. The summed E-state index contributed by atoms with van der Waals surface area (Å²) in [6.07, 6.45) is 8.70. The number of cyclic esters (lactones) is 1. The fraction of sp³-hybridized carbons (Fsp3) is 0.755. The molecule has 390 valence electrons. The van der Waals surface area contributed by atoms with E-state index in [4.69, 9.17) is 28.4 Å². The number of hydrogen-bond acceptors (Lipinski definition) is 13. The Kier molecular flexibility index (Phi) is 22.8. The number of hydrogen-bond donors (Lipinski definition) is 4. The molecule has 0 radical (unpaired) electrons. The quantitative estimate of drug-likeness (QED) is 0.125. The summed E-state index contributed by atoms with van der Waals surface area (Å²) in [6, 6.07) is -1.13. The second-order valence-corrected chi connectivity index (χ2v) is 20.4. The maximum atomic E-state index is 14.9. The highest BCUT2D eigenvalue weighted by Crippen LogP contribution is 2.40. The van der Waals surface area contributed by atoms with Crippen LogP contribution in [0, 0.1) is 35.5 Å². The standard InChI is InChI=1S/C53H84N2O14/c1-31-17-13-12-14-18-32(2)43(64-9)29-39-22-20-37(7)53(63,69-39)49(68-52(62)54-8)50(60)55-24-16-15-19-40(55)51(61)67-44(34(4)27-38-21-23-41(56)45(28-38)65-10)30-42(57)33(3)26-36(6)47(59)48(66-11)46(58)35(5)25-31/h12-14,17-18,26,31,33-35,37-41,43-45,47-49,56,59,63H,15-16,19-25,27-30H2,1-11H3,(H,54,62)/p+1/b14-12+,17-13+,32-18+,36-26+/t31-,33-,34-,35-,37-,38+,39+,40?,41-,43+,44+,45-,47-,48+,49-,53-/m1/s1. The first-order chi connectivity index (χ1) is 32.7. The predicted octanol–water partition coefficient (Wildman–Crippen LogP) is 6.31. The molecule has 3 aliphatic heterocycles. The molecule has 16 heteroatoms. The Bertz CT molecular complexity index is 1850. The van der Waals surface area contributed by atoms with Crippen molar-refractivity contribution < 1.29 is 67.7 Å². The number of aliphatic hydroxyl groups excluding tert-OH is 2. The summed E-state index contributed by atoms with van der Waals surface area (Å²) in [6.45, 7) is 13.0. The van der Waals surface area contributed by atoms with Gasteiger partial charge in [-0.05, 0) is 107 Å². The summed E-state index contributed by atoms with van der Waals surface area (Å²) in [5.41, 5.74) is 1.31. The van der Waals surface area contributed by atoms with E-state index >= 15 is 0 Å². The third-order valence-corrected chi connectivity index (χ3v) is 15.1. The molecule has 2 saturated heterocycles. The zero-order valence-corrected chi connectivity index (χ0v) is 43.1. The molecule has 1 unspecified atom stereocenters. The number of carbonyl (C=O) groups is 4. The molecular formula is C53H85N2O14+. The SMILES string of the molecule is CNC(=O)O[C@@H]1C(=O)N2CCCCC2C(=O)O[C@H]([C@H](C)C[C@@H]2CC[C@@H](O)[C@H](OC)C2)CC(=O)[C@H](C)/C=C(\C)[C@@H](O)[C@@H](OC)C(=[OH+])[C@H](C)C[C@H](C)/C=C/C=C/C=C(\C)[C@@H](OC)C[C@@H]2CC[C@@H](C)[C@@]1(O)O2. The minimum atomic E-state index is -2.28. The van der Waals surface area contributed by atoms with Gasteiger partial charge in [0.1, 0.15) is 24.0 Å². The number of allylic oxidation sites excluding steroid dienone is 6. The average Bonchev–Trinajstić information content (AvgIpc) is 3.32. The fourth-order valence-corrected chi connectivity index (χ4v) is 10.6. The second kappa shape index (κ2) is 27.2. The van der Waals surface area contributed by atoms with Crippen LogP contribution in [0.5, 0.6) is 0 Å². The lowest BCUT2D eigenvalue weighted by molar-refractivity contribution is -0.316. The molecule has 3 fully saturated rings. The average molecular weight is 974 g/mol. The smallest absolute Gasteiger partial charge is 0.407 e. The van der Waals surface area contributed by atoms with E-state index in [1.54, 1.807) is 41.1 Å². The van der Waals surface area contributed by atoms with Crippen LogP contribution in [-0.4, -0.2) is 150 Å². The highest BCUT2D eigenvalue weighted by molar-refractivity contribution is 5.90. The number of rotatable bonds is 7. The molecule has 0 aromatic heterocycles. The summed E-state index contributed by atoms with van der Waals surface area (Å²) in [7, 11) is 5.92. The number of Topliss-reactive ketones (excluding diaryl/α,β-unsaturated/α-hetero) is 1. The number of nitrogens with one attached hydrogen (secondary N) is 1. The molecule has 0 aromatic carbocycles. The number of fused-ring (bicyclic) bond motifs is 3. The molecule has 4 aliphatic rings. The monoisotopic (exact) mass is 974 g/mol. The molecule has 2 amide bonds. The normalized spacial score (nSPS) is 39.7. The van der Waals surface area contributed by atoms with Crippen LogP contribution in [0.15, 0.2) is 47.6 Å². The zero-order valence-electron chi connectivity index (χ0n) is 43.1.